The standard InChI is InChI=1S/C14H19N5OS/c1-10(2)13(11-5-4-6-15-7-11)17-12(20)8-21-14-18-16-9-19(14)3/h4-7,9-10,13H,8H2,1-3H3,(H,17,20)/t13-/m1/s1. The van der Waals surface area contributed by atoms with Crippen molar-refractivity contribution in [1.29, 1.82) is 0 Å². The molecule has 21 heavy (non-hydrogen) atoms. The highest BCUT2D eigenvalue weighted by Crippen LogP contribution is 2.21. The number of amides is 1. The fourth-order valence-corrected chi connectivity index (χ4v) is 2.64. The van der Waals surface area contributed by atoms with Crippen molar-refractivity contribution in [3.63, 3.8) is 0 Å². The molecule has 0 fully saturated rings. The number of aromatic nitrogens is 4. The number of carbonyl (C=O) groups is 1. The van der Waals surface area contributed by atoms with Crippen LogP contribution < -0.4 is 5.32 Å². The van der Waals surface area contributed by atoms with E-state index in [1.807, 2.05) is 19.2 Å². The van der Waals surface area contributed by atoms with E-state index in [-0.39, 0.29) is 17.9 Å². The SMILES string of the molecule is CC(C)[C@@H](NC(=O)CSc1nncn1C)c1cccnc1. The Morgan fingerprint density at radius 3 is 2.86 bits per heavy atom. The molecule has 1 N–H and O–H groups in total. The van der Waals surface area contributed by atoms with Gasteiger partial charge in [0.25, 0.3) is 0 Å². The lowest BCUT2D eigenvalue weighted by Crippen LogP contribution is -2.33. The number of carbonyl (C=O) groups excluding carboxylic acids is 1. The number of hydrogen-bond acceptors (Lipinski definition) is 5. The molecule has 0 spiro atoms. The van der Waals surface area contributed by atoms with Crippen molar-refractivity contribution < 1.29 is 4.79 Å². The summed E-state index contributed by atoms with van der Waals surface area (Å²) in [5.74, 6) is 0.583. The highest BCUT2D eigenvalue weighted by molar-refractivity contribution is 7.99. The van der Waals surface area contributed by atoms with Crippen molar-refractivity contribution in [2.45, 2.75) is 25.0 Å². The first-order chi connectivity index (χ1) is 10.1. The van der Waals surface area contributed by atoms with Crippen molar-refractivity contribution in [2.75, 3.05) is 5.75 Å². The Morgan fingerprint density at radius 2 is 2.29 bits per heavy atom. The van der Waals surface area contributed by atoms with E-state index in [1.165, 1.54) is 11.8 Å². The summed E-state index contributed by atoms with van der Waals surface area (Å²) >= 11 is 1.37. The van der Waals surface area contributed by atoms with Crippen LogP contribution in [0.4, 0.5) is 0 Å². The molecule has 2 rings (SSSR count). The number of hydrogen-bond donors (Lipinski definition) is 1. The van der Waals surface area contributed by atoms with Crippen molar-refractivity contribution in [2.24, 2.45) is 13.0 Å². The Balaban J connectivity index is 1.94. The first-order valence-corrected chi connectivity index (χ1v) is 7.72. The quantitative estimate of drug-likeness (QED) is 0.824. The molecule has 112 valence electrons. The minimum absolute atomic E-state index is 0.0226. The Bertz CT molecular complexity index is 584. The predicted molar refractivity (Wildman–Crippen MR) is 81.7 cm³/mol. The molecule has 0 aliphatic rings. The molecule has 0 aromatic carbocycles. The smallest absolute Gasteiger partial charge is 0.230 e. The van der Waals surface area contributed by atoms with E-state index in [9.17, 15) is 4.79 Å². The molecule has 2 aromatic rings. The van der Waals surface area contributed by atoms with Gasteiger partial charge in [0.2, 0.25) is 5.91 Å². The van der Waals surface area contributed by atoms with Gasteiger partial charge in [-0.25, -0.2) is 0 Å². The van der Waals surface area contributed by atoms with E-state index in [4.69, 9.17) is 0 Å². The molecule has 0 bridgehead atoms. The van der Waals surface area contributed by atoms with Crippen molar-refractivity contribution in [3.05, 3.63) is 36.4 Å². The molecule has 0 aliphatic heterocycles. The van der Waals surface area contributed by atoms with Gasteiger partial charge in [0.15, 0.2) is 5.16 Å². The summed E-state index contributed by atoms with van der Waals surface area (Å²) in [6.45, 7) is 4.15. The summed E-state index contributed by atoms with van der Waals surface area (Å²) in [4.78, 5) is 16.2. The summed E-state index contributed by atoms with van der Waals surface area (Å²) in [5.41, 5.74) is 1.02. The molecule has 7 heteroatoms. The van der Waals surface area contributed by atoms with Gasteiger partial charge in [-0.2, -0.15) is 0 Å². The summed E-state index contributed by atoms with van der Waals surface area (Å²) in [6.07, 6.45) is 5.14. The van der Waals surface area contributed by atoms with Crippen LogP contribution in [0.25, 0.3) is 0 Å². The first-order valence-electron chi connectivity index (χ1n) is 6.74. The van der Waals surface area contributed by atoms with Gasteiger partial charge in [-0.05, 0) is 17.5 Å². The van der Waals surface area contributed by atoms with Crippen LogP contribution in [0.2, 0.25) is 0 Å². The van der Waals surface area contributed by atoms with Crippen LogP contribution in [-0.2, 0) is 11.8 Å². The molecule has 1 atom stereocenters. The molecule has 0 saturated carbocycles. The minimum atomic E-state index is -0.0358. The van der Waals surface area contributed by atoms with Crippen LogP contribution in [-0.4, -0.2) is 31.4 Å². The molecule has 0 saturated heterocycles. The second kappa shape index (κ2) is 7.21. The highest BCUT2D eigenvalue weighted by atomic mass is 32.2. The average Bonchev–Trinajstić information content (AvgIpc) is 2.88. The van der Waals surface area contributed by atoms with Gasteiger partial charge in [0.05, 0.1) is 11.8 Å². The number of nitrogens with one attached hydrogen (secondary N) is 1. The maximum Gasteiger partial charge on any atom is 0.230 e. The average molecular weight is 305 g/mol. The topological polar surface area (TPSA) is 72.7 Å². The number of pyridine rings is 1. The lowest BCUT2D eigenvalue weighted by atomic mass is 9.97. The molecule has 2 aromatic heterocycles. The molecule has 6 nitrogen and oxygen atoms in total. The van der Waals surface area contributed by atoms with Gasteiger partial charge in [0, 0.05) is 19.4 Å². The molecule has 0 aliphatic carbocycles. The number of aryl methyl sites for hydroxylation is 1. The second-order valence-corrected chi connectivity index (χ2v) is 6.03. The van der Waals surface area contributed by atoms with E-state index < -0.39 is 0 Å². The number of rotatable bonds is 6. The zero-order valence-corrected chi connectivity index (χ0v) is 13.2. The third kappa shape index (κ3) is 4.29. The molecular formula is C14H19N5OS. The second-order valence-electron chi connectivity index (χ2n) is 5.09. The largest absolute Gasteiger partial charge is 0.348 e. The van der Waals surface area contributed by atoms with Crippen LogP contribution in [0.3, 0.4) is 0 Å². The fourth-order valence-electron chi connectivity index (χ4n) is 1.94. The normalized spacial score (nSPS) is 12.4. The maximum atomic E-state index is 12.1. The molecule has 0 unspecified atom stereocenters. The lowest BCUT2D eigenvalue weighted by molar-refractivity contribution is -0.119. The van der Waals surface area contributed by atoms with Crippen LogP contribution >= 0.6 is 11.8 Å². The van der Waals surface area contributed by atoms with Crippen molar-refractivity contribution in [3.8, 4) is 0 Å². The van der Waals surface area contributed by atoms with Crippen LogP contribution in [0.5, 0.6) is 0 Å². The maximum absolute atomic E-state index is 12.1. The van der Waals surface area contributed by atoms with E-state index in [0.29, 0.717) is 5.75 Å². The Kier molecular flexibility index (Phi) is 5.32. The van der Waals surface area contributed by atoms with Gasteiger partial charge in [-0.15, -0.1) is 10.2 Å². The monoisotopic (exact) mass is 305 g/mol. The van der Waals surface area contributed by atoms with E-state index >= 15 is 0 Å². The Morgan fingerprint density at radius 1 is 1.48 bits per heavy atom. The molecule has 1 amide bonds. The summed E-state index contributed by atoms with van der Waals surface area (Å²) < 4.78 is 1.79. The highest BCUT2D eigenvalue weighted by Gasteiger charge is 2.18. The number of nitrogens with zero attached hydrogens (tertiary/aromatic N) is 4. The van der Waals surface area contributed by atoms with Gasteiger partial charge < -0.3 is 9.88 Å². The molecule has 0 radical (unpaired) electrons. The van der Waals surface area contributed by atoms with Crippen LogP contribution in [0, 0.1) is 5.92 Å². The lowest BCUT2D eigenvalue weighted by Gasteiger charge is -2.22. The molecular weight excluding hydrogens is 286 g/mol. The minimum Gasteiger partial charge on any atom is -0.348 e. The van der Waals surface area contributed by atoms with Crippen LogP contribution in [0.1, 0.15) is 25.5 Å². The van der Waals surface area contributed by atoms with Crippen molar-refractivity contribution in [1.82, 2.24) is 25.1 Å². The van der Waals surface area contributed by atoms with Crippen molar-refractivity contribution >= 4 is 17.7 Å². The van der Waals surface area contributed by atoms with Crippen LogP contribution in [0.15, 0.2) is 36.0 Å². The fraction of sp³-hybridized carbons (Fsp3) is 0.429. The van der Waals surface area contributed by atoms with Gasteiger partial charge >= 0.3 is 0 Å². The van der Waals surface area contributed by atoms with Gasteiger partial charge in [-0.3, -0.25) is 9.78 Å². The van der Waals surface area contributed by atoms with Gasteiger partial charge in [-0.1, -0.05) is 31.7 Å². The Hall–Kier alpha value is -1.89. The summed E-state index contributed by atoms with van der Waals surface area (Å²) in [6, 6.07) is 3.82. The molecule has 2 heterocycles. The predicted octanol–water partition coefficient (Wildman–Crippen LogP) is 1.82. The third-order valence-electron chi connectivity index (χ3n) is 3.03. The first kappa shape index (κ1) is 15.5. The Labute approximate surface area is 128 Å². The van der Waals surface area contributed by atoms with E-state index in [1.54, 1.807) is 23.3 Å². The third-order valence-corrected chi connectivity index (χ3v) is 4.06. The zero-order valence-electron chi connectivity index (χ0n) is 12.4. The number of thioether (sulfide) groups is 1. The summed E-state index contributed by atoms with van der Waals surface area (Å²) in [7, 11) is 1.85. The summed E-state index contributed by atoms with van der Waals surface area (Å²) in [5, 5.41) is 11.5. The van der Waals surface area contributed by atoms with Gasteiger partial charge in [0.1, 0.15) is 6.33 Å². The van der Waals surface area contributed by atoms with E-state index in [2.05, 4.69) is 34.3 Å². The zero-order chi connectivity index (χ0) is 15.2. The van der Waals surface area contributed by atoms with E-state index in [0.717, 1.165) is 10.7 Å².